The Hall–Kier alpha value is -7.92. The van der Waals surface area contributed by atoms with Crippen LogP contribution in [-0.4, -0.2) is 4.57 Å². The van der Waals surface area contributed by atoms with Crippen LogP contribution in [0, 0.1) is 0 Å². The molecule has 4 heteroatoms. The van der Waals surface area contributed by atoms with Crippen molar-refractivity contribution < 1.29 is 4.42 Å². The van der Waals surface area contributed by atoms with Crippen molar-refractivity contribution in [2.75, 3.05) is 4.90 Å². The van der Waals surface area contributed by atoms with Crippen LogP contribution < -0.4 is 4.90 Å². The molecular formula is C58H36N2OS. The Morgan fingerprint density at radius 3 is 1.85 bits per heavy atom. The molecule has 0 saturated heterocycles. The molecule has 0 fully saturated rings. The molecule has 3 heterocycles. The van der Waals surface area contributed by atoms with E-state index in [4.69, 9.17) is 4.42 Å². The van der Waals surface area contributed by atoms with E-state index >= 15 is 0 Å². The van der Waals surface area contributed by atoms with E-state index in [0.29, 0.717) is 0 Å². The van der Waals surface area contributed by atoms with Crippen LogP contribution in [0.1, 0.15) is 0 Å². The molecule has 0 N–H and O–H groups in total. The quantitative estimate of drug-likeness (QED) is 0.167. The largest absolute Gasteiger partial charge is 0.455 e. The number of nitrogens with zero attached hydrogens (tertiary/aromatic N) is 2. The van der Waals surface area contributed by atoms with Crippen molar-refractivity contribution in [2.24, 2.45) is 0 Å². The summed E-state index contributed by atoms with van der Waals surface area (Å²) in [5.41, 5.74) is 13.1. The Morgan fingerprint density at radius 2 is 1.03 bits per heavy atom. The number of rotatable bonds is 6. The molecule has 0 aliphatic heterocycles. The zero-order valence-electron chi connectivity index (χ0n) is 33.5. The molecule has 10 aromatic carbocycles. The highest BCUT2D eigenvalue weighted by Crippen LogP contribution is 2.47. The summed E-state index contributed by atoms with van der Waals surface area (Å²) in [7, 11) is 0. The maximum Gasteiger partial charge on any atom is 0.145 e. The van der Waals surface area contributed by atoms with Gasteiger partial charge in [-0.2, -0.15) is 0 Å². The zero-order valence-corrected chi connectivity index (χ0v) is 34.3. The van der Waals surface area contributed by atoms with Crippen molar-refractivity contribution in [3.8, 4) is 27.9 Å². The van der Waals surface area contributed by atoms with Crippen molar-refractivity contribution in [1.82, 2.24) is 4.57 Å². The summed E-state index contributed by atoms with van der Waals surface area (Å²) in [6.45, 7) is 0. The molecule has 13 aromatic rings. The molecule has 0 aliphatic rings. The number of fused-ring (bicyclic) bond motifs is 11. The summed E-state index contributed by atoms with van der Waals surface area (Å²) >= 11 is 1.85. The summed E-state index contributed by atoms with van der Waals surface area (Å²) in [4.78, 5) is 2.38. The number of hydrogen-bond donors (Lipinski definition) is 0. The Morgan fingerprint density at radius 1 is 0.403 bits per heavy atom. The number of hydrogen-bond acceptors (Lipinski definition) is 3. The highest BCUT2D eigenvalue weighted by Gasteiger charge is 2.23. The van der Waals surface area contributed by atoms with E-state index < -0.39 is 0 Å². The molecule has 0 amide bonds. The summed E-state index contributed by atoms with van der Waals surface area (Å²) in [6.07, 6.45) is 0. The Balaban J connectivity index is 1.00. The van der Waals surface area contributed by atoms with Crippen LogP contribution in [0.4, 0.5) is 17.1 Å². The Labute approximate surface area is 361 Å². The van der Waals surface area contributed by atoms with Crippen LogP contribution in [0.25, 0.3) is 103 Å². The van der Waals surface area contributed by atoms with Crippen molar-refractivity contribution in [3.05, 3.63) is 218 Å². The molecule has 0 saturated carbocycles. The lowest BCUT2D eigenvalue weighted by Gasteiger charge is -2.26. The van der Waals surface area contributed by atoms with E-state index in [9.17, 15) is 0 Å². The van der Waals surface area contributed by atoms with Crippen molar-refractivity contribution in [3.63, 3.8) is 0 Å². The molecule has 3 nitrogen and oxygen atoms in total. The smallest absolute Gasteiger partial charge is 0.145 e. The summed E-state index contributed by atoms with van der Waals surface area (Å²) in [5.74, 6) is 0. The first kappa shape index (κ1) is 34.9. The van der Waals surface area contributed by atoms with Gasteiger partial charge in [0, 0.05) is 64.6 Å². The molecule has 0 radical (unpaired) electrons. The minimum atomic E-state index is 0.879. The molecule has 290 valence electrons. The lowest BCUT2D eigenvalue weighted by atomic mass is 9.98. The Kier molecular flexibility index (Phi) is 7.78. The van der Waals surface area contributed by atoms with Crippen molar-refractivity contribution >= 4 is 103 Å². The molecule has 0 spiro atoms. The average Bonchev–Trinajstić information content (AvgIpc) is 4.02. The number of para-hydroxylation sites is 2. The first-order valence-corrected chi connectivity index (χ1v) is 21.9. The topological polar surface area (TPSA) is 21.3 Å². The van der Waals surface area contributed by atoms with Gasteiger partial charge in [0.2, 0.25) is 0 Å². The first-order chi connectivity index (χ1) is 30.7. The lowest BCUT2D eigenvalue weighted by molar-refractivity contribution is 0.670. The fourth-order valence-corrected chi connectivity index (χ4v) is 10.7. The predicted octanol–water partition coefficient (Wildman–Crippen LogP) is 17.0. The highest BCUT2D eigenvalue weighted by atomic mass is 32.1. The summed E-state index contributed by atoms with van der Waals surface area (Å²) < 4.78 is 11.9. The number of aromatic nitrogens is 1. The normalized spacial score (nSPS) is 11.9. The van der Waals surface area contributed by atoms with Gasteiger partial charge in [0.05, 0.1) is 16.4 Å². The van der Waals surface area contributed by atoms with Crippen LogP contribution in [0.15, 0.2) is 223 Å². The van der Waals surface area contributed by atoms with Gasteiger partial charge in [0.25, 0.3) is 0 Å². The van der Waals surface area contributed by atoms with E-state index in [-0.39, 0.29) is 0 Å². The van der Waals surface area contributed by atoms with E-state index in [1.807, 2.05) is 11.3 Å². The monoisotopic (exact) mass is 808 g/mol. The number of anilines is 3. The molecule has 62 heavy (non-hydrogen) atoms. The van der Waals surface area contributed by atoms with Crippen molar-refractivity contribution in [2.45, 2.75) is 0 Å². The SMILES string of the molecule is c1ccc(-c2ccc(N(c3ccc(-c4cc5c6ccccc6n(-c6ccc7ccccc7c6)c5c5c4oc4ccccc45)cc3)c3ccc4sc5ccccc5c4c3)cc2)cc1. The molecule has 0 unspecified atom stereocenters. The van der Waals surface area contributed by atoms with Gasteiger partial charge in [0.1, 0.15) is 11.2 Å². The van der Waals surface area contributed by atoms with Crippen LogP contribution in [0.5, 0.6) is 0 Å². The van der Waals surface area contributed by atoms with E-state index in [0.717, 1.165) is 61.3 Å². The third kappa shape index (κ3) is 5.44. The summed E-state index contributed by atoms with van der Waals surface area (Å²) in [6, 6.07) is 79.1. The third-order valence-electron chi connectivity index (χ3n) is 12.6. The fourth-order valence-electron chi connectivity index (χ4n) is 9.66. The molecule has 0 atom stereocenters. The van der Waals surface area contributed by atoms with Crippen LogP contribution in [-0.2, 0) is 0 Å². The van der Waals surface area contributed by atoms with Crippen LogP contribution in [0.2, 0.25) is 0 Å². The van der Waals surface area contributed by atoms with E-state index in [1.165, 1.54) is 58.4 Å². The first-order valence-electron chi connectivity index (χ1n) is 21.1. The van der Waals surface area contributed by atoms with Gasteiger partial charge in [0.15, 0.2) is 0 Å². The van der Waals surface area contributed by atoms with Gasteiger partial charge >= 0.3 is 0 Å². The van der Waals surface area contributed by atoms with Gasteiger partial charge < -0.3 is 13.9 Å². The van der Waals surface area contributed by atoms with Gasteiger partial charge in [-0.25, -0.2) is 0 Å². The molecule has 0 bridgehead atoms. The van der Waals surface area contributed by atoms with Gasteiger partial charge in [-0.3, -0.25) is 0 Å². The molecule has 3 aromatic heterocycles. The maximum absolute atomic E-state index is 6.91. The van der Waals surface area contributed by atoms with Gasteiger partial charge in [-0.15, -0.1) is 11.3 Å². The molecule has 13 rings (SSSR count). The van der Waals surface area contributed by atoms with Crippen LogP contribution >= 0.6 is 11.3 Å². The maximum atomic E-state index is 6.91. The predicted molar refractivity (Wildman–Crippen MR) is 264 cm³/mol. The van der Waals surface area contributed by atoms with E-state index in [2.05, 4.69) is 228 Å². The standard InChI is InChI=1S/C58H36N2OS/c1-2-12-37(13-3-1)39-22-27-42(28-23-39)59(45-32-33-55-50(35-45)47-17-8-11-21-54(47)62-55)43-29-25-40(26-30-43)49-36-51-46-16-6-9-19-52(46)60(44-31-24-38-14-4-5-15-41(38)34-44)57(51)56-48-18-7-10-20-53(48)61-58(49)56/h1-36H. The summed E-state index contributed by atoms with van der Waals surface area (Å²) in [5, 5.41) is 9.64. The number of furan rings is 1. The average molecular weight is 809 g/mol. The number of thiophene rings is 1. The molecular weight excluding hydrogens is 773 g/mol. The van der Waals surface area contributed by atoms with Gasteiger partial charge in [-0.1, -0.05) is 140 Å². The third-order valence-corrected chi connectivity index (χ3v) is 13.7. The fraction of sp³-hybridized carbons (Fsp3) is 0. The second-order valence-corrected chi connectivity index (χ2v) is 17.2. The highest BCUT2D eigenvalue weighted by molar-refractivity contribution is 7.25. The van der Waals surface area contributed by atoms with Crippen LogP contribution in [0.3, 0.4) is 0 Å². The van der Waals surface area contributed by atoms with E-state index in [1.54, 1.807) is 0 Å². The lowest BCUT2D eigenvalue weighted by Crippen LogP contribution is -2.09. The zero-order chi connectivity index (χ0) is 40.7. The second kappa shape index (κ2) is 13.8. The minimum Gasteiger partial charge on any atom is -0.455 e. The minimum absolute atomic E-state index is 0.879. The number of benzene rings is 10. The Bertz CT molecular complexity index is 3860. The second-order valence-electron chi connectivity index (χ2n) is 16.1. The van der Waals surface area contributed by atoms with Crippen molar-refractivity contribution in [1.29, 1.82) is 0 Å². The molecule has 0 aliphatic carbocycles. The van der Waals surface area contributed by atoms with Gasteiger partial charge in [-0.05, 0) is 106 Å².